The summed E-state index contributed by atoms with van der Waals surface area (Å²) in [5, 5.41) is 4.08. The zero-order valence-corrected chi connectivity index (χ0v) is 14.3. The lowest BCUT2D eigenvalue weighted by Gasteiger charge is -2.17. The predicted octanol–water partition coefficient (Wildman–Crippen LogP) is 3.31. The molecule has 1 N–H and O–H groups in total. The average molecular weight is 346 g/mol. The van der Waals surface area contributed by atoms with Crippen molar-refractivity contribution in [1.82, 2.24) is 9.78 Å². The molecule has 5 nitrogen and oxygen atoms in total. The SMILES string of the molecule is Cn1cc(S(=O)(=O)Nc2ccc(F)c(Cl)c2)c(C(C)(C)C)n1. The van der Waals surface area contributed by atoms with Crippen molar-refractivity contribution in [2.24, 2.45) is 7.05 Å². The smallest absolute Gasteiger partial charge is 0.265 e. The van der Waals surface area contributed by atoms with E-state index in [9.17, 15) is 12.8 Å². The maximum atomic E-state index is 13.2. The summed E-state index contributed by atoms with van der Waals surface area (Å²) in [6.45, 7) is 5.63. The molecule has 1 aromatic heterocycles. The number of hydrogen-bond donors (Lipinski definition) is 1. The molecule has 2 aromatic rings. The van der Waals surface area contributed by atoms with Crippen LogP contribution in [0.25, 0.3) is 0 Å². The van der Waals surface area contributed by atoms with E-state index in [4.69, 9.17) is 11.6 Å². The van der Waals surface area contributed by atoms with Crippen LogP contribution in [0.3, 0.4) is 0 Å². The van der Waals surface area contributed by atoms with Gasteiger partial charge in [-0.3, -0.25) is 9.40 Å². The third kappa shape index (κ3) is 3.41. The molecular weight excluding hydrogens is 329 g/mol. The summed E-state index contributed by atoms with van der Waals surface area (Å²) in [6.07, 6.45) is 1.44. The van der Waals surface area contributed by atoms with Crippen molar-refractivity contribution in [3.63, 3.8) is 0 Å². The van der Waals surface area contributed by atoms with Gasteiger partial charge in [0.15, 0.2) is 0 Å². The van der Waals surface area contributed by atoms with Crippen LogP contribution >= 0.6 is 11.6 Å². The Labute approximate surface area is 134 Å². The Kier molecular flexibility index (Phi) is 4.23. The first-order valence-electron chi connectivity index (χ1n) is 6.53. The summed E-state index contributed by atoms with van der Waals surface area (Å²) in [7, 11) is -2.19. The van der Waals surface area contributed by atoms with E-state index >= 15 is 0 Å². The fraction of sp³-hybridized carbons (Fsp3) is 0.357. The fourth-order valence-electron chi connectivity index (χ4n) is 1.95. The molecule has 2 rings (SSSR count). The van der Waals surface area contributed by atoms with Crippen molar-refractivity contribution in [2.75, 3.05) is 4.72 Å². The Morgan fingerprint density at radius 3 is 2.50 bits per heavy atom. The minimum atomic E-state index is -3.85. The lowest BCUT2D eigenvalue weighted by Crippen LogP contribution is -2.20. The fourth-order valence-corrected chi connectivity index (χ4v) is 3.57. The van der Waals surface area contributed by atoms with Crippen molar-refractivity contribution in [3.8, 4) is 0 Å². The topological polar surface area (TPSA) is 64.0 Å². The minimum Gasteiger partial charge on any atom is -0.279 e. The Morgan fingerprint density at radius 1 is 1.32 bits per heavy atom. The normalized spacial score (nSPS) is 12.5. The van der Waals surface area contributed by atoms with Crippen molar-refractivity contribution in [1.29, 1.82) is 0 Å². The lowest BCUT2D eigenvalue weighted by atomic mass is 9.92. The number of hydrogen-bond acceptors (Lipinski definition) is 3. The number of rotatable bonds is 3. The third-order valence-corrected chi connectivity index (χ3v) is 4.64. The number of sulfonamides is 1. The van der Waals surface area contributed by atoms with Gasteiger partial charge in [-0.15, -0.1) is 0 Å². The number of aromatic nitrogens is 2. The van der Waals surface area contributed by atoms with Gasteiger partial charge in [0.1, 0.15) is 10.7 Å². The van der Waals surface area contributed by atoms with Gasteiger partial charge in [-0.1, -0.05) is 32.4 Å². The molecule has 0 saturated carbocycles. The zero-order chi connectivity index (χ0) is 16.7. The summed E-state index contributed by atoms with van der Waals surface area (Å²) in [4.78, 5) is 0.0861. The van der Waals surface area contributed by atoms with Crippen LogP contribution in [0.15, 0.2) is 29.3 Å². The maximum absolute atomic E-state index is 13.2. The lowest BCUT2D eigenvalue weighted by molar-refractivity contribution is 0.539. The highest BCUT2D eigenvalue weighted by Gasteiger charge is 2.29. The first-order chi connectivity index (χ1) is 10.0. The second-order valence-electron chi connectivity index (χ2n) is 6.00. The zero-order valence-electron chi connectivity index (χ0n) is 12.7. The molecule has 0 bridgehead atoms. The van der Waals surface area contributed by atoms with Crippen LogP contribution in [0.5, 0.6) is 0 Å². The number of aryl methyl sites for hydroxylation is 1. The molecule has 0 fully saturated rings. The molecule has 0 aliphatic rings. The molecule has 8 heteroatoms. The van der Waals surface area contributed by atoms with Crippen molar-refractivity contribution in [2.45, 2.75) is 31.1 Å². The summed E-state index contributed by atoms with van der Waals surface area (Å²) >= 11 is 5.67. The molecule has 1 heterocycles. The van der Waals surface area contributed by atoms with Gasteiger partial charge in [-0.2, -0.15) is 5.10 Å². The molecule has 0 spiro atoms. The van der Waals surface area contributed by atoms with Crippen LogP contribution in [0.1, 0.15) is 26.5 Å². The molecule has 0 aliphatic carbocycles. The number of halogens is 2. The predicted molar refractivity (Wildman–Crippen MR) is 84.1 cm³/mol. The minimum absolute atomic E-state index is 0.0861. The molecule has 0 saturated heterocycles. The van der Waals surface area contributed by atoms with Gasteiger partial charge in [0.25, 0.3) is 10.0 Å². The quantitative estimate of drug-likeness (QED) is 0.928. The van der Waals surface area contributed by atoms with Crippen LogP contribution in [0, 0.1) is 5.82 Å². The third-order valence-electron chi connectivity index (χ3n) is 2.97. The number of benzene rings is 1. The van der Waals surface area contributed by atoms with E-state index in [1.807, 2.05) is 20.8 Å². The molecule has 22 heavy (non-hydrogen) atoms. The van der Waals surface area contributed by atoms with Gasteiger partial charge < -0.3 is 0 Å². The molecule has 1 aromatic carbocycles. The van der Waals surface area contributed by atoms with Crippen LogP contribution in [-0.4, -0.2) is 18.2 Å². The second kappa shape index (κ2) is 5.55. The summed E-state index contributed by atoms with van der Waals surface area (Å²) < 4.78 is 42.2. The standard InChI is InChI=1S/C14H17ClFN3O2S/c1-14(2,3)13-12(8-19(4)17-13)22(20,21)18-9-5-6-11(16)10(15)7-9/h5-8,18H,1-4H3. The maximum Gasteiger partial charge on any atom is 0.265 e. The van der Waals surface area contributed by atoms with Gasteiger partial charge in [0.05, 0.1) is 16.4 Å². The molecule has 0 unspecified atom stereocenters. The van der Waals surface area contributed by atoms with Gasteiger partial charge in [-0.05, 0) is 18.2 Å². The number of nitrogens with one attached hydrogen (secondary N) is 1. The van der Waals surface area contributed by atoms with Crippen molar-refractivity contribution in [3.05, 3.63) is 40.9 Å². The Hall–Kier alpha value is -1.60. The van der Waals surface area contributed by atoms with Gasteiger partial charge in [0, 0.05) is 18.7 Å². The van der Waals surface area contributed by atoms with E-state index in [2.05, 4.69) is 9.82 Å². The summed E-state index contributed by atoms with van der Waals surface area (Å²) in [5.74, 6) is -0.610. The van der Waals surface area contributed by atoms with Gasteiger partial charge >= 0.3 is 0 Å². The first-order valence-corrected chi connectivity index (χ1v) is 8.39. The van der Waals surface area contributed by atoms with Crippen LogP contribution in [0.4, 0.5) is 10.1 Å². The molecular formula is C14H17ClFN3O2S. The van der Waals surface area contributed by atoms with E-state index in [1.54, 1.807) is 7.05 Å². The monoisotopic (exact) mass is 345 g/mol. The van der Waals surface area contributed by atoms with E-state index < -0.39 is 21.3 Å². The Morgan fingerprint density at radius 2 is 1.95 bits per heavy atom. The average Bonchev–Trinajstić information content (AvgIpc) is 2.76. The second-order valence-corrected chi connectivity index (χ2v) is 8.06. The van der Waals surface area contributed by atoms with E-state index in [1.165, 1.54) is 23.0 Å². The van der Waals surface area contributed by atoms with E-state index in [0.29, 0.717) is 5.69 Å². The summed E-state index contributed by atoms with van der Waals surface area (Å²) in [5.41, 5.74) is 0.206. The Bertz CT molecular complexity index is 810. The highest BCUT2D eigenvalue weighted by Crippen LogP contribution is 2.29. The van der Waals surface area contributed by atoms with E-state index in [0.717, 1.165) is 6.07 Å². The first kappa shape index (κ1) is 16.8. The van der Waals surface area contributed by atoms with Crippen LogP contribution < -0.4 is 4.72 Å². The van der Waals surface area contributed by atoms with E-state index in [-0.39, 0.29) is 15.6 Å². The molecule has 0 radical (unpaired) electrons. The number of anilines is 1. The van der Waals surface area contributed by atoms with Crippen LogP contribution in [0.2, 0.25) is 5.02 Å². The van der Waals surface area contributed by atoms with Crippen molar-refractivity contribution >= 4 is 27.3 Å². The summed E-state index contributed by atoms with van der Waals surface area (Å²) in [6, 6.07) is 3.64. The molecule has 0 aliphatic heterocycles. The largest absolute Gasteiger partial charge is 0.279 e. The number of nitrogens with zero attached hydrogens (tertiary/aromatic N) is 2. The van der Waals surface area contributed by atoms with Gasteiger partial charge in [0.2, 0.25) is 0 Å². The molecule has 120 valence electrons. The Balaban J connectivity index is 2.45. The highest BCUT2D eigenvalue weighted by molar-refractivity contribution is 7.92. The van der Waals surface area contributed by atoms with Gasteiger partial charge in [-0.25, -0.2) is 12.8 Å². The molecule has 0 atom stereocenters. The highest BCUT2D eigenvalue weighted by atomic mass is 35.5. The molecule has 0 amide bonds. The van der Waals surface area contributed by atoms with Crippen LogP contribution in [-0.2, 0) is 22.5 Å². The van der Waals surface area contributed by atoms with Crippen molar-refractivity contribution < 1.29 is 12.8 Å².